The van der Waals surface area contributed by atoms with Crippen LogP contribution in [0.4, 0.5) is 4.39 Å². The summed E-state index contributed by atoms with van der Waals surface area (Å²) < 4.78 is 14.8. The Morgan fingerprint density at radius 1 is 1.32 bits per heavy atom. The lowest BCUT2D eigenvalue weighted by molar-refractivity contribution is 0.0778. The van der Waals surface area contributed by atoms with Gasteiger partial charge in [0.2, 0.25) is 0 Å². The zero-order valence-corrected chi connectivity index (χ0v) is 13.5. The van der Waals surface area contributed by atoms with E-state index in [4.69, 9.17) is 0 Å². The molecule has 0 saturated carbocycles. The second kappa shape index (κ2) is 6.73. The number of hydrogen-bond donors (Lipinski definition) is 0. The van der Waals surface area contributed by atoms with Crippen molar-refractivity contribution in [2.24, 2.45) is 5.92 Å². The largest absolute Gasteiger partial charge is 0.341 e. The molecule has 0 N–H and O–H groups in total. The third kappa shape index (κ3) is 3.35. The maximum Gasteiger partial charge on any atom is 0.257 e. The van der Waals surface area contributed by atoms with Gasteiger partial charge in [-0.1, -0.05) is 20.8 Å². The molecule has 0 unspecified atom stereocenters. The van der Waals surface area contributed by atoms with Gasteiger partial charge in [-0.15, -0.1) is 0 Å². The van der Waals surface area contributed by atoms with E-state index in [1.807, 2.05) is 6.92 Å². The van der Waals surface area contributed by atoms with Crippen molar-refractivity contribution in [1.82, 2.24) is 14.7 Å². The summed E-state index contributed by atoms with van der Waals surface area (Å²) in [7, 11) is 1.80. The van der Waals surface area contributed by atoms with E-state index < -0.39 is 0 Å². The van der Waals surface area contributed by atoms with Crippen molar-refractivity contribution in [3.05, 3.63) is 47.5 Å². The second-order valence-corrected chi connectivity index (χ2v) is 5.83. The van der Waals surface area contributed by atoms with Crippen LogP contribution in [0.2, 0.25) is 0 Å². The Morgan fingerprint density at radius 3 is 2.50 bits per heavy atom. The van der Waals surface area contributed by atoms with Crippen LogP contribution in [0.1, 0.15) is 36.8 Å². The standard InChI is InChI=1S/C17H22FN3O/c1-5-16-15(17(22)20(4)11-12(2)3)10-19-21(16)14-8-6-13(18)7-9-14/h6-10,12H,5,11H2,1-4H3. The molecule has 1 aromatic carbocycles. The highest BCUT2D eigenvalue weighted by atomic mass is 19.1. The van der Waals surface area contributed by atoms with Crippen LogP contribution < -0.4 is 0 Å². The van der Waals surface area contributed by atoms with Crippen molar-refractivity contribution in [3.8, 4) is 5.69 Å². The number of amides is 1. The maximum absolute atomic E-state index is 13.1. The Balaban J connectivity index is 2.35. The third-order valence-electron chi connectivity index (χ3n) is 3.49. The molecule has 5 heteroatoms. The molecule has 0 aliphatic carbocycles. The molecule has 4 nitrogen and oxygen atoms in total. The average molecular weight is 303 g/mol. The van der Waals surface area contributed by atoms with Crippen molar-refractivity contribution in [2.45, 2.75) is 27.2 Å². The van der Waals surface area contributed by atoms with Gasteiger partial charge >= 0.3 is 0 Å². The van der Waals surface area contributed by atoms with E-state index in [2.05, 4.69) is 18.9 Å². The SMILES string of the molecule is CCc1c(C(=O)N(C)CC(C)C)cnn1-c1ccc(F)cc1. The van der Waals surface area contributed by atoms with Gasteiger partial charge < -0.3 is 4.90 Å². The fourth-order valence-corrected chi connectivity index (χ4v) is 2.53. The predicted molar refractivity (Wildman–Crippen MR) is 84.7 cm³/mol. The van der Waals surface area contributed by atoms with Crippen molar-refractivity contribution in [3.63, 3.8) is 0 Å². The number of rotatable bonds is 5. The van der Waals surface area contributed by atoms with Crippen LogP contribution in [0.3, 0.4) is 0 Å². The quantitative estimate of drug-likeness (QED) is 0.850. The number of nitrogens with zero attached hydrogens (tertiary/aromatic N) is 3. The summed E-state index contributed by atoms with van der Waals surface area (Å²) >= 11 is 0. The fraction of sp³-hybridized carbons (Fsp3) is 0.412. The summed E-state index contributed by atoms with van der Waals surface area (Å²) in [5, 5.41) is 4.32. The van der Waals surface area contributed by atoms with Gasteiger partial charge in [0.1, 0.15) is 5.82 Å². The minimum absolute atomic E-state index is 0.0288. The van der Waals surface area contributed by atoms with Crippen molar-refractivity contribution in [1.29, 1.82) is 0 Å². The van der Waals surface area contributed by atoms with E-state index in [0.717, 1.165) is 11.4 Å². The molecule has 1 amide bonds. The molecule has 2 rings (SSSR count). The summed E-state index contributed by atoms with van der Waals surface area (Å²) in [5.41, 5.74) is 2.20. The Bertz CT molecular complexity index is 646. The smallest absolute Gasteiger partial charge is 0.257 e. The highest BCUT2D eigenvalue weighted by Gasteiger charge is 2.20. The molecule has 1 heterocycles. The highest BCUT2D eigenvalue weighted by molar-refractivity contribution is 5.95. The van der Waals surface area contributed by atoms with Gasteiger partial charge in [-0.2, -0.15) is 5.10 Å². The Morgan fingerprint density at radius 2 is 1.95 bits per heavy atom. The Kier molecular flexibility index (Phi) is 4.96. The van der Waals surface area contributed by atoms with Gasteiger partial charge in [-0.25, -0.2) is 9.07 Å². The van der Waals surface area contributed by atoms with Crippen molar-refractivity contribution >= 4 is 5.91 Å². The first-order chi connectivity index (χ1) is 10.4. The first-order valence-corrected chi connectivity index (χ1v) is 7.52. The molecule has 0 fully saturated rings. The number of benzene rings is 1. The highest BCUT2D eigenvalue weighted by Crippen LogP contribution is 2.18. The van der Waals surface area contributed by atoms with Gasteiger partial charge in [0.05, 0.1) is 23.1 Å². The average Bonchev–Trinajstić information content (AvgIpc) is 2.90. The third-order valence-corrected chi connectivity index (χ3v) is 3.49. The molecule has 2 aromatic rings. The van der Waals surface area contributed by atoms with E-state index in [9.17, 15) is 9.18 Å². The molecule has 1 aromatic heterocycles. The number of carbonyl (C=O) groups excluding carboxylic acids is 1. The van der Waals surface area contributed by atoms with E-state index >= 15 is 0 Å². The molecular formula is C17H22FN3O. The van der Waals surface area contributed by atoms with Crippen LogP contribution >= 0.6 is 0 Å². The first-order valence-electron chi connectivity index (χ1n) is 7.52. The molecule has 0 atom stereocenters. The van der Waals surface area contributed by atoms with Crippen LogP contribution in [0.15, 0.2) is 30.5 Å². The zero-order valence-electron chi connectivity index (χ0n) is 13.5. The van der Waals surface area contributed by atoms with Crippen molar-refractivity contribution in [2.75, 3.05) is 13.6 Å². The lowest BCUT2D eigenvalue weighted by Gasteiger charge is -2.19. The van der Waals surface area contributed by atoms with Gasteiger partial charge in [0, 0.05) is 13.6 Å². The Hall–Kier alpha value is -2.17. The molecular weight excluding hydrogens is 281 g/mol. The topological polar surface area (TPSA) is 38.1 Å². The van der Waals surface area contributed by atoms with Crippen LogP contribution in [0, 0.1) is 11.7 Å². The predicted octanol–water partition coefficient (Wildman–Crippen LogP) is 3.30. The summed E-state index contributed by atoms with van der Waals surface area (Å²) in [6.07, 6.45) is 2.27. The monoisotopic (exact) mass is 303 g/mol. The molecule has 0 spiro atoms. The summed E-state index contributed by atoms with van der Waals surface area (Å²) in [6, 6.07) is 6.10. The molecule has 0 radical (unpaired) electrons. The van der Waals surface area contributed by atoms with Crippen LogP contribution in [-0.2, 0) is 6.42 Å². The molecule has 0 aliphatic heterocycles. The number of carbonyl (C=O) groups is 1. The number of halogens is 1. The van der Waals surface area contributed by atoms with E-state index in [0.29, 0.717) is 24.4 Å². The first kappa shape index (κ1) is 16.2. The zero-order chi connectivity index (χ0) is 16.3. The number of hydrogen-bond acceptors (Lipinski definition) is 2. The number of aromatic nitrogens is 2. The van der Waals surface area contributed by atoms with Crippen LogP contribution in [-0.4, -0.2) is 34.2 Å². The van der Waals surface area contributed by atoms with Crippen LogP contribution in [0.25, 0.3) is 5.69 Å². The van der Waals surface area contributed by atoms with E-state index in [1.165, 1.54) is 12.1 Å². The van der Waals surface area contributed by atoms with Gasteiger partial charge in [0.15, 0.2) is 0 Å². The van der Waals surface area contributed by atoms with Gasteiger partial charge in [-0.05, 0) is 36.6 Å². The lowest BCUT2D eigenvalue weighted by Crippen LogP contribution is -2.30. The lowest BCUT2D eigenvalue weighted by atomic mass is 10.1. The molecule has 0 bridgehead atoms. The Labute approximate surface area is 130 Å². The van der Waals surface area contributed by atoms with Crippen LogP contribution in [0.5, 0.6) is 0 Å². The molecule has 0 saturated heterocycles. The van der Waals surface area contributed by atoms with Gasteiger partial charge in [-0.3, -0.25) is 4.79 Å². The van der Waals surface area contributed by atoms with E-state index in [-0.39, 0.29) is 11.7 Å². The minimum atomic E-state index is -0.290. The summed E-state index contributed by atoms with van der Waals surface area (Å²) in [6.45, 7) is 6.83. The minimum Gasteiger partial charge on any atom is -0.341 e. The fourth-order valence-electron chi connectivity index (χ4n) is 2.53. The molecule has 118 valence electrons. The second-order valence-electron chi connectivity index (χ2n) is 5.83. The summed E-state index contributed by atoms with van der Waals surface area (Å²) in [4.78, 5) is 14.3. The molecule has 22 heavy (non-hydrogen) atoms. The van der Waals surface area contributed by atoms with Crippen molar-refractivity contribution < 1.29 is 9.18 Å². The van der Waals surface area contributed by atoms with Gasteiger partial charge in [0.25, 0.3) is 5.91 Å². The summed E-state index contributed by atoms with van der Waals surface area (Å²) in [5.74, 6) is 0.0898. The molecule has 0 aliphatic rings. The normalized spacial score (nSPS) is 11.0. The van der Waals surface area contributed by atoms with E-state index in [1.54, 1.807) is 35.0 Å². The maximum atomic E-state index is 13.1.